The number of carbonyl (C=O) groups is 1. The van der Waals surface area contributed by atoms with Gasteiger partial charge in [-0.15, -0.1) is 10.2 Å². The Bertz CT molecular complexity index is 599. The Labute approximate surface area is 122 Å². The minimum absolute atomic E-state index is 0.235. The maximum absolute atomic E-state index is 12.4. The van der Waals surface area contributed by atoms with Crippen LogP contribution < -0.4 is 9.47 Å². The quantitative estimate of drug-likeness (QED) is 0.571. The standard InChI is InChI=1S/C15H16N2O4/c1-19-9-10-21-13-6-4-3-5-11(13)15(18)12-7-8-14(20-2)17-16-12/h3-8H,9-10H2,1-2H3. The van der Waals surface area contributed by atoms with Crippen molar-refractivity contribution in [2.45, 2.75) is 0 Å². The van der Waals surface area contributed by atoms with Crippen molar-refractivity contribution in [2.75, 3.05) is 27.4 Å². The van der Waals surface area contributed by atoms with Gasteiger partial charge < -0.3 is 14.2 Å². The predicted octanol–water partition coefficient (Wildman–Crippen LogP) is 1.74. The highest BCUT2D eigenvalue weighted by atomic mass is 16.5. The molecule has 0 aliphatic rings. The van der Waals surface area contributed by atoms with E-state index < -0.39 is 0 Å². The Hall–Kier alpha value is -2.47. The molecule has 0 atom stereocenters. The van der Waals surface area contributed by atoms with Crippen molar-refractivity contribution in [1.29, 1.82) is 0 Å². The number of hydrogen-bond donors (Lipinski definition) is 0. The molecule has 0 N–H and O–H groups in total. The number of carbonyl (C=O) groups excluding carboxylic acids is 1. The summed E-state index contributed by atoms with van der Waals surface area (Å²) in [5.41, 5.74) is 0.673. The molecule has 1 aromatic carbocycles. The average Bonchev–Trinajstić information content (AvgIpc) is 2.55. The first kappa shape index (κ1) is 14.9. The molecule has 0 saturated heterocycles. The van der Waals surface area contributed by atoms with Gasteiger partial charge in [0.1, 0.15) is 18.1 Å². The number of benzene rings is 1. The highest BCUT2D eigenvalue weighted by Gasteiger charge is 2.16. The lowest BCUT2D eigenvalue weighted by Crippen LogP contribution is -2.10. The molecule has 6 heteroatoms. The third-order valence-corrected chi connectivity index (χ3v) is 2.76. The van der Waals surface area contributed by atoms with Crippen molar-refractivity contribution in [2.24, 2.45) is 0 Å². The van der Waals surface area contributed by atoms with Crippen LogP contribution in [-0.2, 0) is 4.74 Å². The van der Waals surface area contributed by atoms with Crippen molar-refractivity contribution in [3.8, 4) is 11.6 Å². The fourth-order valence-electron chi connectivity index (χ4n) is 1.70. The molecule has 110 valence electrons. The van der Waals surface area contributed by atoms with E-state index in [-0.39, 0.29) is 11.5 Å². The van der Waals surface area contributed by atoms with Gasteiger partial charge in [-0.05, 0) is 18.2 Å². The average molecular weight is 288 g/mol. The van der Waals surface area contributed by atoms with Crippen molar-refractivity contribution >= 4 is 5.78 Å². The van der Waals surface area contributed by atoms with Crippen LogP contribution in [0.25, 0.3) is 0 Å². The number of hydrogen-bond acceptors (Lipinski definition) is 6. The summed E-state index contributed by atoms with van der Waals surface area (Å²) in [7, 11) is 3.08. The lowest BCUT2D eigenvalue weighted by atomic mass is 10.1. The second-order valence-corrected chi connectivity index (χ2v) is 4.13. The van der Waals surface area contributed by atoms with Crippen LogP contribution in [0.15, 0.2) is 36.4 Å². The van der Waals surface area contributed by atoms with Crippen molar-refractivity contribution < 1.29 is 19.0 Å². The molecule has 0 fully saturated rings. The third-order valence-electron chi connectivity index (χ3n) is 2.76. The van der Waals surface area contributed by atoms with Crippen LogP contribution >= 0.6 is 0 Å². The molecule has 0 spiro atoms. The van der Waals surface area contributed by atoms with Crippen molar-refractivity contribution in [1.82, 2.24) is 10.2 Å². The lowest BCUT2D eigenvalue weighted by Gasteiger charge is -2.10. The Morgan fingerprint density at radius 1 is 1.05 bits per heavy atom. The molecule has 0 aliphatic carbocycles. The van der Waals surface area contributed by atoms with E-state index >= 15 is 0 Å². The van der Waals surface area contributed by atoms with Crippen LogP contribution in [0.4, 0.5) is 0 Å². The molecule has 0 radical (unpaired) electrons. The predicted molar refractivity (Wildman–Crippen MR) is 75.8 cm³/mol. The first-order valence-corrected chi connectivity index (χ1v) is 6.39. The molecule has 0 aliphatic heterocycles. The zero-order valence-electron chi connectivity index (χ0n) is 11.9. The van der Waals surface area contributed by atoms with E-state index in [4.69, 9.17) is 14.2 Å². The van der Waals surface area contributed by atoms with Gasteiger partial charge in [-0.25, -0.2) is 0 Å². The van der Waals surface area contributed by atoms with Crippen LogP contribution in [0.1, 0.15) is 16.1 Å². The fraction of sp³-hybridized carbons (Fsp3) is 0.267. The van der Waals surface area contributed by atoms with Crippen molar-refractivity contribution in [3.63, 3.8) is 0 Å². The lowest BCUT2D eigenvalue weighted by molar-refractivity contribution is 0.102. The SMILES string of the molecule is COCCOc1ccccc1C(=O)c1ccc(OC)nn1. The first-order valence-electron chi connectivity index (χ1n) is 6.39. The van der Waals surface area contributed by atoms with Crippen LogP contribution in [0, 0.1) is 0 Å². The van der Waals surface area contributed by atoms with Gasteiger partial charge in [0.05, 0.1) is 19.3 Å². The largest absolute Gasteiger partial charge is 0.490 e. The van der Waals surface area contributed by atoms with E-state index in [1.165, 1.54) is 7.11 Å². The van der Waals surface area contributed by atoms with Gasteiger partial charge in [-0.1, -0.05) is 12.1 Å². The molecule has 21 heavy (non-hydrogen) atoms. The maximum Gasteiger partial charge on any atom is 0.233 e. The van der Waals surface area contributed by atoms with Crippen LogP contribution in [0.5, 0.6) is 11.6 Å². The third kappa shape index (κ3) is 3.76. The molecule has 0 saturated carbocycles. The highest BCUT2D eigenvalue weighted by Crippen LogP contribution is 2.21. The number of nitrogens with zero attached hydrogens (tertiary/aromatic N) is 2. The second kappa shape index (κ2) is 7.35. The summed E-state index contributed by atoms with van der Waals surface area (Å²) >= 11 is 0. The smallest absolute Gasteiger partial charge is 0.233 e. The second-order valence-electron chi connectivity index (χ2n) is 4.13. The Morgan fingerprint density at radius 3 is 2.52 bits per heavy atom. The maximum atomic E-state index is 12.4. The molecule has 0 amide bonds. The van der Waals surface area contributed by atoms with E-state index in [1.54, 1.807) is 43.5 Å². The van der Waals surface area contributed by atoms with Gasteiger partial charge in [-0.2, -0.15) is 0 Å². The highest BCUT2D eigenvalue weighted by molar-refractivity contribution is 6.09. The molecule has 2 rings (SSSR count). The number of para-hydroxylation sites is 1. The van der Waals surface area contributed by atoms with Crippen LogP contribution in [0.2, 0.25) is 0 Å². The summed E-state index contributed by atoms with van der Waals surface area (Å²) in [5.74, 6) is 0.603. The van der Waals surface area contributed by atoms with Crippen LogP contribution in [-0.4, -0.2) is 43.4 Å². The summed E-state index contributed by atoms with van der Waals surface area (Å²) in [6, 6.07) is 10.2. The number of methoxy groups -OCH3 is 2. The Kier molecular flexibility index (Phi) is 5.22. The van der Waals surface area contributed by atoms with Crippen molar-refractivity contribution in [3.05, 3.63) is 47.7 Å². The minimum atomic E-state index is -0.252. The van der Waals surface area contributed by atoms with Gasteiger partial charge in [0.15, 0.2) is 0 Å². The molecule has 0 unspecified atom stereocenters. The summed E-state index contributed by atoms with van der Waals surface area (Å²) in [6.45, 7) is 0.819. The van der Waals surface area contributed by atoms with Gasteiger partial charge >= 0.3 is 0 Å². The van der Waals surface area contributed by atoms with Crippen LogP contribution in [0.3, 0.4) is 0 Å². The fourth-order valence-corrected chi connectivity index (χ4v) is 1.70. The first-order chi connectivity index (χ1) is 10.3. The molecule has 0 bridgehead atoms. The number of aromatic nitrogens is 2. The van der Waals surface area contributed by atoms with Gasteiger partial charge in [-0.3, -0.25) is 4.79 Å². The molecule has 1 aromatic heterocycles. The Balaban J connectivity index is 2.21. The van der Waals surface area contributed by atoms with Gasteiger partial charge in [0, 0.05) is 13.2 Å². The molecule has 6 nitrogen and oxygen atoms in total. The molecular formula is C15H16N2O4. The summed E-state index contributed by atoms with van der Waals surface area (Å²) in [6.07, 6.45) is 0. The minimum Gasteiger partial charge on any atom is -0.490 e. The summed E-state index contributed by atoms with van der Waals surface area (Å²) in [4.78, 5) is 12.4. The van der Waals surface area contributed by atoms with E-state index in [2.05, 4.69) is 10.2 Å². The zero-order valence-corrected chi connectivity index (χ0v) is 11.9. The number of ether oxygens (including phenoxy) is 3. The zero-order chi connectivity index (χ0) is 15.1. The Morgan fingerprint density at radius 2 is 1.86 bits per heavy atom. The van der Waals surface area contributed by atoms with E-state index in [1.807, 2.05) is 0 Å². The molecular weight excluding hydrogens is 272 g/mol. The van der Waals surface area contributed by atoms with E-state index in [0.717, 1.165) is 0 Å². The molecule has 1 heterocycles. The van der Waals surface area contributed by atoms with E-state index in [9.17, 15) is 4.79 Å². The van der Waals surface area contributed by atoms with E-state index in [0.29, 0.717) is 30.4 Å². The summed E-state index contributed by atoms with van der Waals surface area (Å²) < 4.78 is 15.4. The molecule has 2 aromatic rings. The normalized spacial score (nSPS) is 10.2. The summed E-state index contributed by atoms with van der Waals surface area (Å²) in [5, 5.41) is 7.65. The van der Waals surface area contributed by atoms with Gasteiger partial charge in [0.2, 0.25) is 11.7 Å². The number of ketones is 1. The monoisotopic (exact) mass is 288 g/mol. The topological polar surface area (TPSA) is 70.5 Å². The van der Waals surface area contributed by atoms with Gasteiger partial charge in [0.25, 0.3) is 0 Å². The number of rotatable bonds is 7.